The maximum Gasteiger partial charge on any atom is 0.260 e. The first-order chi connectivity index (χ1) is 15.4. The highest BCUT2D eigenvalue weighted by Gasteiger charge is 2.28. The Morgan fingerprint density at radius 3 is 2.38 bits per heavy atom. The molecular weight excluding hydrogens is 444 g/mol. The number of benzene rings is 2. The highest BCUT2D eigenvalue weighted by atomic mass is 32.2. The van der Waals surface area contributed by atoms with Crippen molar-refractivity contribution in [3.63, 3.8) is 0 Å². The number of rotatable bonds is 8. The Kier molecular flexibility index (Phi) is 6.90. The molecule has 1 aromatic heterocycles. The fourth-order valence-corrected chi connectivity index (χ4v) is 6.31. The Morgan fingerprint density at radius 1 is 1.03 bits per heavy atom. The van der Waals surface area contributed by atoms with E-state index in [1.807, 2.05) is 38.4 Å². The van der Waals surface area contributed by atoms with Crippen LogP contribution in [-0.2, 0) is 10.0 Å². The van der Waals surface area contributed by atoms with Crippen LogP contribution in [-0.4, -0.2) is 68.8 Å². The summed E-state index contributed by atoms with van der Waals surface area (Å²) in [5.74, 6) is -0.173. The van der Waals surface area contributed by atoms with E-state index >= 15 is 0 Å². The van der Waals surface area contributed by atoms with E-state index in [4.69, 9.17) is 0 Å². The van der Waals surface area contributed by atoms with Gasteiger partial charge < -0.3 is 4.90 Å². The molecule has 1 aliphatic heterocycles. The van der Waals surface area contributed by atoms with Crippen LogP contribution in [0.15, 0.2) is 53.4 Å². The average molecular weight is 473 g/mol. The molecule has 0 atom stereocenters. The summed E-state index contributed by atoms with van der Waals surface area (Å²) in [6.07, 6.45) is 2.58. The second-order valence-electron chi connectivity index (χ2n) is 8.21. The van der Waals surface area contributed by atoms with Crippen LogP contribution in [0.1, 0.15) is 29.6 Å². The summed E-state index contributed by atoms with van der Waals surface area (Å²) in [6, 6.07) is 14.1. The number of hydrogen-bond acceptors (Lipinski definition) is 6. The van der Waals surface area contributed by atoms with Crippen molar-refractivity contribution in [1.82, 2.24) is 14.2 Å². The number of amides is 1. The molecule has 0 aliphatic carbocycles. The van der Waals surface area contributed by atoms with Gasteiger partial charge in [0, 0.05) is 25.2 Å². The lowest BCUT2D eigenvalue weighted by Gasteiger charge is -2.21. The second-order valence-corrected chi connectivity index (χ2v) is 11.2. The molecule has 170 valence electrons. The van der Waals surface area contributed by atoms with Crippen LogP contribution in [0.4, 0.5) is 5.13 Å². The fraction of sp³-hybridized carbons (Fsp3) is 0.391. The number of carbonyl (C=O) groups excluding carboxylic acids is 1. The lowest BCUT2D eigenvalue weighted by Crippen LogP contribution is -2.33. The molecule has 0 unspecified atom stereocenters. The van der Waals surface area contributed by atoms with Crippen molar-refractivity contribution in [2.45, 2.75) is 24.2 Å². The predicted octanol–water partition coefficient (Wildman–Crippen LogP) is 3.68. The topological polar surface area (TPSA) is 73.8 Å². The van der Waals surface area contributed by atoms with Crippen LogP contribution in [0.2, 0.25) is 0 Å². The molecule has 4 rings (SSSR count). The second kappa shape index (κ2) is 9.66. The zero-order chi connectivity index (χ0) is 22.7. The third-order valence-electron chi connectivity index (χ3n) is 5.55. The maximum absolute atomic E-state index is 13.4. The smallest absolute Gasteiger partial charge is 0.260 e. The first-order valence-corrected chi connectivity index (χ1v) is 13.0. The molecule has 0 bridgehead atoms. The molecule has 9 heteroatoms. The van der Waals surface area contributed by atoms with Gasteiger partial charge in [0.15, 0.2) is 5.13 Å². The standard InChI is InChI=1S/C23H28N4O3S2/c1-25(2)14-7-17-27(23-24-20-8-3-4-9-21(20)31-23)22(28)18-10-12-19(13-11-18)32(29,30)26-15-5-6-16-26/h3-4,8-13H,5-7,14-17H2,1-2H3. The molecule has 32 heavy (non-hydrogen) atoms. The number of sulfonamides is 1. The molecule has 0 saturated carbocycles. The van der Waals surface area contributed by atoms with Crippen molar-refractivity contribution in [1.29, 1.82) is 0 Å². The van der Waals surface area contributed by atoms with Crippen molar-refractivity contribution in [2.75, 3.05) is 45.2 Å². The first kappa shape index (κ1) is 22.8. The number of anilines is 1. The van der Waals surface area contributed by atoms with Crippen LogP contribution in [0.3, 0.4) is 0 Å². The Bertz CT molecular complexity index is 1150. The summed E-state index contributed by atoms with van der Waals surface area (Å²) in [5.41, 5.74) is 1.32. The molecule has 2 heterocycles. The van der Waals surface area contributed by atoms with E-state index in [0.717, 1.165) is 36.0 Å². The number of nitrogens with zero attached hydrogens (tertiary/aromatic N) is 4. The third-order valence-corrected chi connectivity index (χ3v) is 8.52. The minimum atomic E-state index is -3.50. The lowest BCUT2D eigenvalue weighted by atomic mass is 10.2. The normalized spacial score (nSPS) is 15.0. The van der Waals surface area contributed by atoms with E-state index in [1.165, 1.54) is 27.8 Å². The molecule has 1 amide bonds. The Labute approximate surface area is 193 Å². The van der Waals surface area contributed by atoms with E-state index in [2.05, 4.69) is 9.88 Å². The van der Waals surface area contributed by atoms with Crippen LogP contribution in [0.25, 0.3) is 10.2 Å². The number of aromatic nitrogens is 1. The predicted molar refractivity (Wildman–Crippen MR) is 129 cm³/mol. The van der Waals surface area contributed by atoms with Crippen molar-refractivity contribution >= 4 is 42.6 Å². The van der Waals surface area contributed by atoms with Gasteiger partial charge in [-0.2, -0.15) is 4.31 Å². The van der Waals surface area contributed by atoms with E-state index in [1.54, 1.807) is 17.0 Å². The Morgan fingerprint density at radius 2 is 1.72 bits per heavy atom. The molecule has 7 nitrogen and oxygen atoms in total. The summed E-state index contributed by atoms with van der Waals surface area (Å²) >= 11 is 1.49. The maximum atomic E-state index is 13.4. The van der Waals surface area contributed by atoms with E-state index < -0.39 is 10.0 Å². The molecule has 1 fully saturated rings. The van der Waals surface area contributed by atoms with Crippen molar-refractivity contribution in [3.05, 3.63) is 54.1 Å². The van der Waals surface area contributed by atoms with Crippen LogP contribution >= 0.6 is 11.3 Å². The summed E-state index contributed by atoms with van der Waals surface area (Å²) in [6.45, 7) is 2.49. The number of thiazole rings is 1. The first-order valence-electron chi connectivity index (χ1n) is 10.8. The monoisotopic (exact) mass is 472 g/mol. The zero-order valence-corrected chi connectivity index (χ0v) is 20.0. The largest absolute Gasteiger partial charge is 0.309 e. The summed E-state index contributed by atoms with van der Waals surface area (Å²) in [5, 5.41) is 0.656. The summed E-state index contributed by atoms with van der Waals surface area (Å²) < 4.78 is 28.1. The Balaban J connectivity index is 1.59. The number of hydrogen-bond donors (Lipinski definition) is 0. The van der Waals surface area contributed by atoms with Crippen LogP contribution < -0.4 is 4.90 Å². The molecule has 2 aromatic carbocycles. The van der Waals surface area contributed by atoms with Gasteiger partial charge in [-0.1, -0.05) is 23.5 Å². The Hall–Kier alpha value is -2.33. The van der Waals surface area contributed by atoms with Gasteiger partial charge in [0.05, 0.1) is 15.1 Å². The molecular formula is C23H28N4O3S2. The van der Waals surface area contributed by atoms with E-state index in [9.17, 15) is 13.2 Å². The van der Waals surface area contributed by atoms with Crippen molar-refractivity contribution < 1.29 is 13.2 Å². The molecule has 1 aliphatic rings. The van der Waals surface area contributed by atoms with Gasteiger partial charge in [-0.25, -0.2) is 13.4 Å². The van der Waals surface area contributed by atoms with Crippen LogP contribution in [0.5, 0.6) is 0 Å². The van der Waals surface area contributed by atoms with Gasteiger partial charge in [-0.05, 0) is 76.3 Å². The highest BCUT2D eigenvalue weighted by molar-refractivity contribution is 7.89. The molecule has 0 spiro atoms. The zero-order valence-electron chi connectivity index (χ0n) is 18.4. The minimum Gasteiger partial charge on any atom is -0.309 e. The minimum absolute atomic E-state index is 0.173. The third kappa shape index (κ3) is 4.85. The summed E-state index contributed by atoms with van der Waals surface area (Å²) in [7, 11) is 0.505. The van der Waals surface area contributed by atoms with E-state index in [0.29, 0.717) is 30.3 Å². The number of carbonyl (C=O) groups is 1. The molecule has 0 radical (unpaired) electrons. The SMILES string of the molecule is CN(C)CCCN(C(=O)c1ccc(S(=O)(=O)N2CCCC2)cc1)c1nc2ccccc2s1. The lowest BCUT2D eigenvalue weighted by molar-refractivity contribution is 0.0986. The highest BCUT2D eigenvalue weighted by Crippen LogP contribution is 2.30. The van der Waals surface area contributed by atoms with Crippen LogP contribution in [0, 0.1) is 0 Å². The molecule has 0 N–H and O–H groups in total. The van der Waals surface area contributed by atoms with Crippen molar-refractivity contribution in [3.8, 4) is 0 Å². The number of para-hydroxylation sites is 1. The van der Waals surface area contributed by atoms with Gasteiger partial charge in [-0.15, -0.1) is 0 Å². The van der Waals surface area contributed by atoms with E-state index in [-0.39, 0.29) is 10.8 Å². The van der Waals surface area contributed by atoms with Crippen molar-refractivity contribution in [2.24, 2.45) is 0 Å². The van der Waals surface area contributed by atoms with Gasteiger partial charge in [-0.3, -0.25) is 9.69 Å². The summed E-state index contributed by atoms with van der Waals surface area (Å²) in [4.78, 5) is 22.1. The number of fused-ring (bicyclic) bond motifs is 1. The molecule has 3 aromatic rings. The average Bonchev–Trinajstić information content (AvgIpc) is 3.46. The van der Waals surface area contributed by atoms with Gasteiger partial charge in [0.1, 0.15) is 0 Å². The van der Waals surface area contributed by atoms with Gasteiger partial charge in [0.2, 0.25) is 10.0 Å². The fourth-order valence-electron chi connectivity index (χ4n) is 3.81. The molecule has 1 saturated heterocycles. The van der Waals surface area contributed by atoms with Gasteiger partial charge >= 0.3 is 0 Å². The quantitative estimate of drug-likeness (QED) is 0.500. The van der Waals surface area contributed by atoms with Gasteiger partial charge in [0.25, 0.3) is 5.91 Å².